The fraction of sp³-hybridized carbons (Fsp3) is 0.381. The van der Waals surface area contributed by atoms with E-state index in [1.54, 1.807) is 30.3 Å². The zero-order valence-corrected chi connectivity index (χ0v) is 16.9. The molecule has 0 unspecified atom stereocenters. The molecule has 1 aliphatic carbocycles. The highest BCUT2D eigenvalue weighted by Crippen LogP contribution is 2.32. The molecule has 1 saturated carbocycles. The van der Waals surface area contributed by atoms with Gasteiger partial charge in [-0.2, -0.15) is 4.98 Å². The van der Waals surface area contributed by atoms with Gasteiger partial charge in [-0.05, 0) is 56.0 Å². The highest BCUT2D eigenvalue weighted by atomic mass is 35.5. The second kappa shape index (κ2) is 8.87. The number of aromatic amines is 1. The number of ether oxygens (including phenoxy) is 2. The Hall–Kier alpha value is -2.87. The number of aromatic nitrogens is 3. The van der Waals surface area contributed by atoms with Crippen molar-refractivity contribution in [1.82, 2.24) is 15.0 Å². The molecular formula is C21H21ClFN3O4. The summed E-state index contributed by atoms with van der Waals surface area (Å²) in [6, 6.07) is 9.17. The van der Waals surface area contributed by atoms with Gasteiger partial charge in [0.2, 0.25) is 0 Å². The van der Waals surface area contributed by atoms with Crippen LogP contribution in [0.4, 0.5) is 4.39 Å². The van der Waals surface area contributed by atoms with Crippen LogP contribution in [-0.4, -0.2) is 45.4 Å². The summed E-state index contributed by atoms with van der Waals surface area (Å²) in [6.07, 6.45) is 2.46. The monoisotopic (exact) mass is 433 g/mol. The first-order valence-electron chi connectivity index (χ1n) is 9.78. The van der Waals surface area contributed by atoms with E-state index in [1.165, 1.54) is 0 Å². The van der Waals surface area contributed by atoms with Gasteiger partial charge in [-0.25, -0.2) is 9.37 Å². The summed E-state index contributed by atoms with van der Waals surface area (Å²) in [5.41, 5.74) is 2.48. The van der Waals surface area contributed by atoms with E-state index < -0.39 is 12.6 Å². The molecule has 9 heteroatoms. The summed E-state index contributed by atoms with van der Waals surface area (Å²) in [5, 5.41) is 9.56. The fourth-order valence-electron chi connectivity index (χ4n) is 3.60. The second-order valence-electron chi connectivity index (χ2n) is 7.22. The van der Waals surface area contributed by atoms with Gasteiger partial charge in [-0.3, -0.25) is 4.79 Å². The summed E-state index contributed by atoms with van der Waals surface area (Å²) >= 11 is 6.42. The number of carboxylic acids is 1. The number of carboxylic acid groups (broad SMARTS) is 1. The van der Waals surface area contributed by atoms with Crippen LogP contribution in [0.15, 0.2) is 30.3 Å². The first kappa shape index (κ1) is 20.4. The SMILES string of the molecule is O=C(O)C1CCC(Oc2nc3nc(-c4ccc(OCCF)cc4)c(Cl)cc3[nH]2)CC1. The van der Waals surface area contributed by atoms with Gasteiger partial charge in [-0.15, -0.1) is 0 Å². The third kappa shape index (κ3) is 4.48. The number of benzene rings is 1. The lowest BCUT2D eigenvalue weighted by atomic mass is 9.87. The molecule has 1 aromatic carbocycles. The van der Waals surface area contributed by atoms with E-state index in [9.17, 15) is 9.18 Å². The van der Waals surface area contributed by atoms with Crippen molar-refractivity contribution in [1.29, 1.82) is 0 Å². The Kier molecular flexibility index (Phi) is 6.03. The van der Waals surface area contributed by atoms with Crippen molar-refractivity contribution in [2.24, 2.45) is 5.92 Å². The summed E-state index contributed by atoms with van der Waals surface area (Å²) < 4.78 is 23.4. The number of hydrogen-bond donors (Lipinski definition) is 2. The number of H-pyrrole nitrogens is 1. The van der Waals surface area contributed by atoms with Gasteiger partial charge in [0.1, 0.15) is 25.1 Å². The quantitative estimate of drug-likeness (QED) is 0.563. The number of aliphatic carboxylic acids is 1. The van der Waals surface area contributed by atoms with Crippen molar-refractivity contribution in [3.05, 3.63) is 35.4 Å². The minimum atomic E-state index is -0.745. The molecule has 0 radical (unpaired) electrons. The Bertz CT molecular complexity index is 1030. The van der Waals surface area contributed by atoms with Crippen molar-refractivity contribution in [3.63, 3.8) is 0 Å². The maximum Gasteiger partial charge on any atom is 0.306 e. The average Bonchev–Trinajstić information content (AvgIpc) is 3.13. The van der Waals surface area contributed by atoms with Crippen LogP contribution in [0.25, 0.3) is 22.4 Å². The fourth-order valence-corrected chi connectivity index (χ4v) is 3.87. The normalized spacial score (nSPS) is 19.0. The lowest BCUT2D eigenvalue weighted by Gasteiger charge is -2.25. The van der Waals surface area contributed by atoms with Gasteiger partial charge in [0, 0.05) is 5.56 Å². The van der Waals surface area contributed by atoms with Crippen LogP contribution < -0.4 is 9.47 Å². The molecule has 7 nitrogen and oxygen atoms in total. The maximum atomic E-state index is 12.2. The summed E-state index contributed by atoms with van der Waals surface area (Å²) in [7, 11) is 0. The Morgan fingerprint density at radius 2 is 1.93 bits per heavy atom. The van der Waals surface area contributed by atoms with Gasteiger partial charge in [0.15, 0.2) is 5.65 Å². The highest BCUT2D eigenvalue weighted by Gasteiger charge is 2.27. The van der Waals surface area contributed by atoms with Crippen molar-refractivity contribution in [2.45, 2.75) is 31.8 Å². The van der Waals surface area contributed by atoms with Crippen LogP contribution in [0.5, 0.6) is 11.8 Å². The van der Waals surface area contributed by atoms with Gasteiger partial charge in [-0.1, -0.05) is 11.6 Å². The maximum absolute atomic E-state index is 12.2. The lowest BCUT2D eigenvalue weighted by molar-refractivity contribution is -0.143. The van der Waals surface area contributed by atoms with E-state index in [-0.39, 0.29) is 18.6 Å². The molecule has 158 valence electrons. The minimum Gasteiger partial charge on any atom is -0.491 e. The van der Waals surface area contributed by atoms with Crippen LogP contribution in [-0.2, 0) is 4.79 Å². The molecule has 2 heterocycles. The number of nitrogens with one attached hydrogen (secondary N) is 1. The minimum absolute atomic E-state index is 0.0122. The second-order valence-corrected chi connectivity index (χ2v) is 7.63. The highest BCUT2D eigenvalue weighted by molar-refractivity contribution is 6.33. The number of hydrogen-bond acceptors (Lipinski definition) is 5. The molecule has 2 aromatic heterocycles. The van der Waals surface area contributed by atoms with Gasteiger partial charge < -0.3 is 19.6 Å². The zero-order valence-electron chi connectivity index (χ0n) is 16.1. The van der Waals surface area contributed by atoms with Crippen molar-refractivity contribution in [3.8, 4) is 23.0 Å². The molecule has 2 N–H and O–H groups in total. The van der Waals surface area contributed by atoms with Crippen LogP contribution in [0, 0.1) is 5.92 Å². The lowest BCUT2D eigenvalue weighted by Crippen LogP contribution is -2.28. The van der Waals surface area contributed by atoms with E-state index in [0.29, 0.717) is 59.3 Å². The third-order valence-electron chi connectivity index (χ3n) is 5.18. The van der Waals surface area contributed by atoms with Gasteiger partial charge >= 0.3 is 5.97 Å². The molecule has 30 heavy (non-hydrogen) atoms. The molecule has 4 rings (SSSR count). The molecule has 0 atom stereocenters. The van der Waals surface area contributed by atoms with E-state index in [0.717, 1.165) is 5.56 Å². The van der Waals surface area contributed by atoms with Crippen molar-refractivity contribution in [2.75, 3.05) is 13.3 Å². The molecule has 3 aromatic rings. The number of nitrogens with zero attached hydrogens (tertiary/aromatic N) is 2. The molecular weight excluding hydrogens is 413 g/mol. The number of carbonyl (C=O) groups is 1. The molecule has 1 aliphatic rings. The van der Waals surface area contributed by atoms with Crippen LogP contribution in [0.1, 0.15) is 25.7 Å². The molecule has 1 fully saturated rings. The number of imidazole rings is 1. The summed E-state index contributed by atoms with van der Waals surface area (Å²) in [4.78, 5) is 23.1. The number of alkyl halides is 1. The smallest absolute Gasteiger partial charge is 0.306 e. The largest absolute Gasteiger partial charge is 0.491 e. The molecule has 0 bridgehead atoms. The van der Waals surface area contributed by atoms with Crippen molar-refractivity contribution >= 4 is 28.7 Å². The zero-order chi connectivity index (χ0) is 21.1. The number of fused-ring (bicyclic) bond motifs is 1. The molecule has 0 saturated heterocycles. The predicted octanol–water partition coefficient (Wildman–Crippen LogP) is 4.65. The summed E-state index contributed by atoms with van der Waals surface area (Å²) in [6.45, 7) is -0.533. The number of halogens is 2. The Balaban J connectivity index is 1.49. The first-order valence-corrected chi connectivity index (χ1v) is 10.2. The molecule has 0 spiro atoms. The molecule has 0 aliphatic heterocycles. The molecule has 0 amide bonds. The van der Waals surface area contributed by atoms with E-state index in [4.69, 9.17) is 26.2 Å². The van der Waals surface area contributed by atoms with Crippen molar-refractivity contribution < 1.29 is 23.8 Å². The Morgan fingerprint density at radius 1 is 1.20 bits per heavy atom. The number of rotatable bonds is 7. The van der Waals surface area contributed by atoms with E-state index in [1.807, 2.05) is 0 Å². The van der Waals surface area contributed by atoms with E-state index in [2.05, 4.69) is 15.0 Å². The van der Waals surface area contributed by atoms with Crippen LogP contribution >= 0.6 is 11.6 Å². The van der Waals surface area contributed by atoms with Gasteiger partial charge in [0.05, 0.1) is 22.2 Å². The Morgan fingerprint density at radius 3 is 2.60 bits per heavy atom. The average molecular weight is 434 g/mol. The Labute approximate surface area is 177 Å². The van der Waals surface area contributed by atoms with Gasteiger partial charge in [0.25, 0.3) is 6.01 Å². The number of pyridine rings is 1. The standard InChI is InChI=1S/C21H21ClFN3O4/c22-16-11-17-19(25-18(16)12-1-5-14(6-2-12)29-10-9-23)26-21(24-17)30-15-7-3-13(4-8-15)20(27)28/h1-2,5-6,11,13,15H,3-4,7-10H2,(H,27,28)(H,24,25,26). The van der Waals surface area contributed by atoms with Crippen LogP contribution in [0.2, 0.25) is 5.02 Å². The predicted molar refractivity (Wildman–Crippen MR) is 110 cm³/mol. The topological polar surface area (TPSA) is 97.3 Å². The summed E-state index contributed by atoms with van der Waals surface area (Å²) in [5.74, 6) is -0.468. The van der Waals surface area contributed by atoms with E-state index >= 15 is 0 Å². The first-order chi connectivity index (χ1) is 14.5. The third-order valence-corrected chi connectivity index (χ3v) is 5.47. The van der Waals surface area contributed by atoms with Crippen LogP contribution in [0.3, 0.4) is 0 Å².